The van der Waals surface area contributed by atoms with Gasteiger partial charge in [0.15, 0.2) is 0 Å². The number of allylic oxidation sites excluding steroid dienone is 2. The zero-order valence-corrected chi connectivity index (χ0v) is 40.2. The Morgan fingerprint density at radius 2 is 0.947 bits per heavy atom. The Labute approximate surface area is 359 Å². The van der Waals surface area contributed by atoms with Crippen LogP contribution in [0.15, 0.2) is 11.3 Å². The standard InChI is InChI=1S/C36H71NO2.C17H34O/c1-5-8-11-13-14-17-26-34(25-16-12-9-6-2)36(35-27-22-28-35)39-31-21-18-24-33(23-15-10-7-3)32-37(4)29-19-20-30-38;1-4-6-8-10-11-13-15-17(16(3)18)14-12-9-7-5-2/h33-34,38H,5-32H2,1-4H3;17H,4-15H2,1-3H3. The molecule has 0 radical (unpaired) electrons. The maximum atomic E-state index is 11.6. The summed E-state index contributed by atoms with van der Waals surface area (Å²) < 4.78 is 6.73. The molecule has 3 unspecified atom stereocenters. The Kier molecular flexibility index (Phi) is 42.6. The highest BCUT2D eigenvalue weighted by molar-refractivity contribution is 5.78. The quantitative estimate of drug-likeness (QED) is 0.0493. The maximum absolute atomic E-state index is 11.6. The lowest BCUT2D eigenvalue weighted by molar-refractivity contribution is -0.121. The van der Waals surface area contributed by atoms with Gasteiger partial charge < -0.3 is 14.7 Å². The number of carbonyl (C=O) groups excluding carboxylic acids is 1. The van der Waals surface area contributed by atoms with Gasteiger partial charge >= 0.3 is 0 Å². The Bertz CT molecular complexity index is 864. The Balaban J connectivity index is 0.00000146. The van der Waals surface area contributed by atoms with Gasteiger partial charge in [-0.2, -0.15) is 0 Å². The summed E-state index contributed by atoms with van der Waals surface area (Å²) in [5, 5.41) is 9.11. The van der Waals surface area contributed by atoms with E-state index in [0.717, 1.165) is 44.8 Å². The molecular weight excluding hydrogens is 699 g/mol. The van der Waals surface area contributed by atoms with Crippen LogP contribution in [0.3, 0.4) is 0 Å². The van der Waals surface area contributed by atoms with Crippen molar-refractivity contribution in [2.24, 2.45) is 17.8 Å². The first-order valence-electron chi connectivity index (χ1n) is 26.0. The first kappa shape index (κ1) is 56.1. The van der Waals surface area contributed by atoms with Gasteiger partial charge in [-0.3, -0.25) is 4.79 Å². The van der Waals surface area contributed by atoms with Crippen molar-refractivity contribution in [3.8, 4) is 0 Å². The third-order valence-corrected chi connectivity index (χ3v) is 12.9. The van der Waals surface area contributed by atoms with E-state index in [2.05, 4.69) is 46.6 Å². The molecule has 1 rings (SSSR count). The molecule has 4 nitrogen and oxygen atoms in total. The van der Waals surface area contributed by atoms with Gasteiger partial charge in [-0.05, 0) is 115 Å². The van der Waals surface area contributed by atoms with E-state index in [0.29, 0.717) is 24.2 Å². The van der Waals surface area contributed by atoms with Crippen molar-refractivity contribution in [3.05, 3.63) is 11.3 Å². The molecule has 0 aromatic rings. The molecule has 1 aliphatic rings. The summed E-state index contributed by atoms with van der Waals surface area (Å²) in [6, 6.07) is 0. The summed E-state index contributed by atoms with van der Waals surface area (Å²) in [4.78, 5) is 14.1. The van der Waals surface area contributed by atoms with E-state index in [9.17, 15) is 4.79 Å². The molecule has 1 fully saturated rings. The second-order valence-electron chi connectivity index (χ2n) is 18.5. The lowest BCUT2D eigenvalue weighted by atomic mass is 9.83. The SMILES string of the molecule is CCCCCCCCC(CCCCCC)C(C)=O.CCCCCCCCC(CCCCCC)C(OCCCCC(CCCCC)CN(C)CCCCO)=C1CCC1. The van der Waals surface area contributed by atoms with Gasteiger partial charge in [0, 0.05) is 25.0 Å². The molecule has 4 heteroatoms. The number of unbranched alkanes of at least 4 members (excludes halogenated alkanes) is 20. The number of ether oxygens (including phenoxy) is 1. The number of rotatable bonds is 42. The van der Waals surface area contributed by atoms with E-state index < -0.39 is 0 Å². The molecule has 0 spiro atoms. The van der Waals surface area contributed by atoms with Crippen LogP contribution in [0.2, 0.25) is 0 Å². The molecule has 340 valence electrons. The summed E-state index contributed by atoms with van der Waals surface area (Å²) in [5.74, 6) is 3.71. The first-order valence-corrected chi connectivity index (χ1v) is 26.0. The number of aliphatic hydroxyl groups excluding tert-OH is 1. The van der Waals surface area contributed by atoms with Crippen molar-refractivity contribution in [1.29, 1.82) is 0 Å². The number of hydrogen-bond acceptors (Lipinski definition) is 4. The Morgan fingerprint density at radius 1 is 0.544 bits per heavy atom. The van der Waals surface area contributed by atoms with Crippen molar-refractivity contribution in [2.45, 2.75) is 273 Å². The molecule has 57 heavy (non-hydrogen) atoms. The minimum atomic E-state index is 0.324. The van der Waals surface area contributed by atoms with Crippen molar-refractivity contribution in [3.63, 3.8) is 0 Å². The monoisotopic (exact) mass is 804 g/mol. The molecule has 3 atom stereocenters. The number of hydrogen-bond donors (Lipinski definition) is 1. The van der Waals surface area contributed by atoms with Gasteiger partial charge in [-0.25, -0.2) is 0 Å². The van der Waals surface area contributed by atoms with E-state index in [1.807, 2.05) is 0 Å². The molecule has 1 aliphatic carbocycles. The van der Waals surface area contributed by atoms with Gasteiger partial charge in [0.25, 0.3) is 0 Å². The number of Topliss-reactive ketones (excluding diaryl/α,β-unsaturated/α-hetero) is 1. The van der Waals surface area contributed by atoms with Crippen molar-refractivity contribution >= 4 is 5.78 Å². The normalized spacial score (nSPS) is 14.2. The van der Waals surface area contributed by atoms with E-state index in [4.69, 9.17) is 9.84 Å². The molecule has 0 aromatic heterocycles. The molecule has 1 N–H and O–H groups in total. The number of ketones is 1. The molecule has 0 amide bonds. The number of nitrogens with zero attached hydrogens (tertiary/aromatic N) is 1. The highest BCUT2D eigenvalue weighted by atomic mass is 16.5. The fraction of sp³-hybridized carbons (Fsp3) is 0.943. The van der Waals surface area contributed by atoms with Crippen LogP contribution in [-0.4, -0.2) is 49.1 Å². The predicted octanol–water partition coefficient (Wildman–Crippen LogP) is 16.8. The molecule has 0 aromatic carbocycles. The summed E-state index contributed by atoms with van der Waals surface area (Å²) in [7, 11) is 2.27. The highest BCUT2D eigenvalue weighted by Gasteiger charge is 2.24. The fourth-order valence-electron chi connectivity index (χ4n) is 8.80. The average Bonchev–Trinajstić information content (AvgIpc) is 3.18. The van der Waals surface area contributed by atoms with E-state index in [1.165, 1.54) is 218 Å². The molecular formula is C53H105NO3. The summed E-state index contributed by atoms with van der Waals surface area (Å²) in [5.41, 5.74) is 1.67. The molecule has 0 saturated heterocycles. The number of aliphatic hydroxyl groups is 1. The molecule has 0 bridgehead atoms. The minimum Gasteiger partial charge on any atom is -0.498 e. The van der Waals surface area contributed by atoms with Crippen molar-refractivity contribution in [2.75, 3.05) is 33.4 Å². The van der Waals surface area contributed by atoms with Gasteiger partial charge in [-0.15, -0.1) is 0 Å². The van der Waals surface area contributed by atoms with Crippen LogP contribution in [0.5, 0.6) is 0 Å². The smallest absolute Gasteiger partial charge is 0.132 e. The zero-order valence-electron chi connectivity index (χ0n) is 40.2. The van der Waals surface area contributed by atoms with Crippen LogP contribution in [-0.2, 0) is 9.53 Å². The second-order valence-corrected chi connectivity index (χ2v) is 18.5. The van der Waals surface area contributed by atoms with E-state index >= 15 is 0 Å². The van der Waals surface area contributed by atoms with Gasteiger partial charge in [0.1, 0.15) is 5.78 Å². The minimum absolute atomic E-state index is 0.324. The third-order valence-electron chi connectivity index (χ3n) is 12.9. The molecule has 0 aliphatic heterocycles. The van der Waals surface area contributed by atoms with Gasteiger partial charge in [0.2, 0.25) is 0 Å². The molecule has 1 saturated carbocycles. The summed E-state index contributed by atoms with van der Waals surface area (Å²) >= 11 is 0. The fourth-order valence-corrected chi connectivity index (χ4v) is 8.80. The van der Waals surface area contributed by atoms with E-state index in [1.54, 1.807) is 12.5 Å². The van der Waals surface area contributed by atoms with Crippen LogP contribution in [0, 0.1) is 17.8 Å². The number of carbonyl (C=O) groups is 1. The second kappa shape index (κ2) is 43.2. The summed E-state index contributed by atoms with van der Waals surface area (Å²) in [6.07, 6.45) is 47.1. The molecule has 0 heterocycles. The van der Waals surface area contributed by atoms with Gasteiger partial charge in [-0.1, -0.05) is 182 Å². The van der Waals surface area contributed by atoms with Crippen LogP contribution < -0.4 is 0 Å². The third kappa shape index (κ3) is 34.5. The largest absolute Gasteiger partial charge is 0.498 e. The topological polar surface area (TPSA) is 49.8 Å². The average molecular weight is 804 g/mol. The van der Waals surface area contributed by atoms with Crippen LogP contribution in [0.1, 0.15) is 273 Å². The Morgan fingerprint density at radius 3 is 1.39 bits per heavy atom. The highest BCUT2D eigenvalue weighted by Crippen LogP contribution is 2.37. The first-order chi connectivity index (χ1) is 27.9. The van der Waals surface area contributed by atoms with Crippen molar-refractivity contribution in [1.82, 2.24) is 4.90 Å². The Hall–Kier alpha value is -0.870. The lowest BCUT2D eigenvalue weighted by Gasteiger charge is -2.29. The van der Waals surface area contributed by atoms with Crippen LogP contribution in [0.4, 0.5) is 0 Å². The van der Waals surface area contributed by atoms with Crippen molar-refractivity contribution < 1.29 is 14.6 Å². The maximum Gasteiger partial charge on any atom is 0.132 e. The van der Waals surface area contributed by atoms with E-state index in [-0.39, 0.29) is 0 Å². The van der Waals surface area contributed by atoms with Gasteiger partial charge in [0.05, 0.1) is 12.4 Å². The lowest BCUT2D eigenvalue weighted by Crippen LogP contribution is -2.27. The van der Waals surface area contributed by atoms with Crippen LogP contribution >= 0.6 is 0 Å². The zero-order chi connectivity index (χ0) is 42.0. The summed E-state index contributed by atoms with van der Waals surface area (Å²) in [6.45, 7) is 16.8. The predicted molar refractivity (Wildman–Crippen MR) is 253 cm³/mol. The van der Waals surface area contributed by atoms with Crippen LogP contribution in [0.25, 0.3) is 0 Å².